The Labute approximate surface area is 133 Å². The average Bonchev–Trinajstić information content (AvgIpc) is 2.46. The number of nitro benzene ring substituents is 1. The molecule has 0 aliphatic rings. The SMILES string of the molecule is CC(C)c1ccc(SCc2cc([N+](=O)[O-])ccc2Cl)cc1. The lowest BCUT2D eigenvalue weighted by Gasteiger charge is -2.07. The van der Waals surface area contributed by atoms with Crippen LogP contribution in [0.1, 0.15) is 30.9 Å². The molecule has 0 radical (unpaired) electrons. The zero-order chi connectivity index (χ0) is 15.4. The van der Waals surface area contributed by atoms with Crippen LogP contribution in [0.15, 0.2) is 47.4 Å². The van der Waals surface area contributed by atoms with Crippen molar-refractivity contribution < 1.29 is 4.92 Å². The lowest BCUT2D eigenvalue weighted by atomic mass is 10.0. The van der Waals surface area contributed by atoms with Crippen LogP contribution in [-0.2, 0) is 5.75 Å². The van der Waals surface area contributed by atoms with Gasteiger partial charge in [0.2, 0.25) is 0 Å². The molecule has 0 spiro atoms. The Morgan fingerprint density at radius 1 is 1.19 bits per heavy atom. The Balaban J connectivity index is 2.09. The van der Waals surface area contributed by atoms with E-state index < -0.39 is 4.92 Å². The summed E-state index contributed by atoms with van der Waals surface area (Å²) in [5, 5.41) is 11.4. The molecule has 2 aromatic carbocycles. The Hall–Kier alpha value is -1.52. The number of hydrogen-bond acceptors (Lipinski definition) is 3. The average molecular weight is 322 g/mol. The maximum atomic E-state index is 10.8. The molecule has 0 bridgehead atoms. The van der Waals surface area contributed by atoms with Crippen molar-refractivity contribution in [2.45, 2.75) is 30.4 Å². The molecule has 0 aromatic heterocycles. The van der Waals surface area contributed by atoms with Crippen LogP contribution in [0.4, 0.5) is 5.69 Å². The van der Waals surface area contributed by atoms with Crippen molar-refractivity contribution in [1.82, 2.24) is 0 Å². The van der Waals surface area contributed by atoms with Crippen molar-refractivity contribution in [2.24, 2.45) is 0 Å². The molecule has 2 rings (SSSR count). The van der Waals surface area contributed by atoms with Crippen molar-refractivity contribution >= 4 is 29.1 Å². The van der Waals surface area contributed by atoms with Crippen molar-refractivity contribution in [3.05, 3.63) is 68.7 Å². The number of halogens is 1. The van der Waals surface area contributed by atoms with Crippen molar-refractivity contribution in [1.29, 1.82) is 0 Å². The highest BCUT2D eigenvalue weighted by Gasteiger charge is 2.10. The smallest absolute Gasteiger partial charge is 0.258 e. The van der Waals surface area contributed by atoms with Crippen molar-refractivity contribution in [2.75, 3.05) is 0 Å². The molecule has 0 unspecified atom stereocenters. The van der Waals surface area contributed by atoms with Crippen LogP contribution in [0, 0.1) is 10.1 Å². The minimum atomic E-state index is -0.401. The normalized spacial score (nSPS) is 10.9. The third kappa shape index (κ3) is 4.22. The summed E-state index contributed by atoms with van der Waals surface area (Å²) >= 11 is 7.72. The fraction of sp³-hybridized carbons (Fsp3) is 0.250. The molecular formula is C16H16ClNO2S. The third-order valence-corrected chi connectivity index (χ3v) is 4.61. The van der Waals surface area contributed by atoms with E-state index in [2.05, 4.69) is 38.1 Å². The molecule has 0 amide bonds. The summed E-state index contributed by atoms with van der Waals surface area (Å²) in [4.78, 5) is 11.5. The number of non-ortho nitro benzene ring substituents is 1. The van der Waals surface area contributed by atoms with Crippen LogP contribution >= 0.6 is 23.4 Å². The summed E-state index contributed by atoms with van der Waals surface area (Å²) < 4.78 is 0. The molecular weight excluding hydrogens is 306 g/mol. The summed E-state index contributed by atoms with van der Waals surface area (Å²) in [6, 6.07) is 12.9. The second-order valence-corrected chi connectivity index (χ2v) is 6.50. The highest BCUT2D eigenvalue weighted by molar-refractivity contribution is 7.98. The number of rotatable bonds is 5. The van der Waals surface area contributed by atoms with Gasteiger partial charge in [-0.3, -0.25) is 10.1 Å². The van der Waals surface area contributed by atoms with Gasteiger partial charge in [-0.05, 0) is 35.2 Å². The predicted molar refractivity (Wildman–Crippen MR) is 88.2 cm³/mol. The zero-order valence-corrected chi connectivity index (χ0v) is 13.4. The molecule has 2 aromatic rings. The Morgan fingerprint density at radius 3 is 2.43 bits per heavy atom. The topological polar surface area (TPSA) is 43.1 Å². The van der Waals surface area contributed by atoms with Crippen LogP contribution < -0.4 is 0 Å². The van der Waals surface area contributed by atoms with Crippen LogP contribution in [0.3, 0.4) is 0 Å². The van der Waals surface area contributed by atoms with Gasteiger partial charge in [-0.25, -0.2) is 0 Å². The lowest BCUT2D eigenvalue weighted by molar-refractivity contribution is -0.384. The largest absolute Gasteiger partial charge is 0.269 e. The van der Waals surface area contributed by atoms with Gasteiger partial charge < -0.3 is 0 Å². The number of nitro groups is 1. The molecule has 0 atom stereocenters. The van der Waals surface area contributed by atoms with Crippen molar-refractivity contribution in [3.63, 3.8) is 0 Å². The van der Waals surface area contributed by atoms with Crippen LogP contribution in [-0.4, -0.2) is 4.92 Å². The zero-order valence-electron chi connectivity index (χ0n) is 11.9. The number of hydrogen-bond donors (Lipinski definition) is 0. The highest BCUT2D eigenvalue weighted by atomic mass is 35.5. The fourth-order valence-corrected chi connectivity index (χ4v) is 3.05. The minimum Gasteiger partial charge on any atom is -0.258 e. The quantitative estimate of drug-likeness (QED) is 0.405. The van der Waals surface area contributed by atoms with Gasteiger partial charge in [0, 0.05) is 27.8 Å². The van der Waals surface area contributed by atoms with Gasteiger partial charge in [-0.1, -0.05) is 37.6 Å². The molecule has 21 heavy (non-hydrogen) atoms. The van der Waals surface area contributed by atoms with E-state index >= 15 is 0 Å². The summed E-state index contributed by atoms with van der Waals surface area (Å²) in [7, 11) is 0. The van der Waals surface area contributed by atoms with E-state index in [4.69, 9.17) is 11.6 Å². The van der Waals surface area contributed by atoms with Gasteiger partial charge in [0.15, 0.2) is 0 Å². The Bertz CT molecular complexity index is 641. The number of benzene rings is 2. The molecule has 0 aliphatic carbocycles. The monoisotopic (exact) mass is 321 g/mol. The maximum absolute atomic E-state index is 10.8. The molecule has 0 N–H and O–H groups in total. The first-order chi connectivity index (χ1) is 9.97. The second-order valence-electron chi connectivity index (χ2n) is 5.05. The van der Waals surface area contributed by atoms with E-state index in [1.807, 2.05) is 0 Å². The Morgan fingerprint density at radius 2 is 1.86 bits per heavy atom. The predicted octanol–water partition coefficient (Wildman–Crippen LogP) is 5.66. The van der Waals surface area contributed by atoms with Crippen LogP contribution in [0.25, 0.3) is 0 Å². The maximum Gasteiger partial charge on any atom is 0.269 e. The first kappa shape index (κ1) is 15.9. The molecule has 0 fully saturated rings. The first-order valence-electron chi connectivity index (χ1n) is 6.63. The van der Waals surface area contributed by atoms with Crippen molar-refractivity contribution in [3.8, 4) is 0 Å². The van der Waals surface area contributed by atoms with Gasteiger partial charge in [0.25, 0.3) is 5.69 Å². The molecule has 0 heterocycles. The number of nitrogens with zero attached hydrogens (tertiary/aromatic N) is 1. The summed E-state index contributed by atoms with van der Waals surface area (Å²) in [6.07, 6.45) is 0. The van der Waals surface area contributed by atoms with E-state index in [-0.39, 0.29) is 5.69 Å². The van der Waals surface area contributed by atoms with E-state index in [9.17, 15) is 10.1 Å². The van der Waals surface area contributed by atoms with E-state index in [1.54, 1.807) is 17.8 Å². The third-order valence-electron chi connectivity index (χ3n) is 3.18. The van der Waals surface area contributed by atoms with Gasteiger partial charge in [-0.2, -0.15) is 0 Å². The Kier molecular flexibility index (Phi) is 5.26. The molecule has 110 valence electrons. The van der Waals surface area contributed by atoms with Gasteiger partial charge in [-0.15, -0.1) is 11.8 Å². The first-order valence-corrected chi connectivity index (χ1v) is 7.99. The second kappa shape index (κ2) is 6.96. The number of thioether (sulfide) groups is 1. The molecule has 3 nitrogen and oxygen atoms in total. The molecule has 0 aliphatic heterocycles. The van der Waals surface area contributed by atoms with E-state index in [0.29, 0.717) is 16.7 Å². The molecule has 5 heteroatoms. The summed E-state index contributed by atoms with van der Waals surface area (Å²) in [5.41, 5.74) is 2.15. The van der Waals surface area contributed by atoms with Gasteiger partial charge in [0.05, 0.1) is 4.92 Å². The van der Waals surface area contributed by atoms with Crippen LogP contribution in [0.5, 0.6) is 0 Å². The standard InChI is InChI=1S/C16H16ClNO2S/c1-11(2)12-3-6-15(7-4-12)21-10-13-9-14(18(19)20)5-8-16(13)17/h3-9,11H,10H2,1-2H3. The lowest BCUT2D eigenvalue weighted by Crippen LogP contribution is -1.91. The molecule has 0 saturated carbocycles. The van der Waals surface area contributed by atoms with Gasteiger partial charge in [0.1, 0.15) is 0 Å². The minimum absolute atomic E-state index is 0.0742. The fourth-order valence-electron chi connectivity index (χ4n) is 1.90. The van der Waals surface area contributed by atoms with E-state index in [1.165, 1.54) is 17.7 Å². The highest BCUT2D eigenvalue weighted by Crippen LogP contribution is 2.30. The van der Waals surface area contributed by atoms with Gasteiger partial charge >= 0.3 is 0 Å². The molecule has 0 saturated heterocycles. The summed E-state index contributed by atoms with van der Waals surface area (Å²) in [5.74, 6) is 1.12. The summed E-state index contributed by atoms with van der Waals surface area (Å²) in [6.45, 7) is 4.32. The van der Waals surface area contributed by atoms with E-state index in [0.717, 1.165) is 10.5 Å². The van der Waals surface area contributed by atoms with Crippen LogP contribution in [0.2, 0.25) is 5.02 Å².